The van der Waals surface area contributed by atoms with Crippen molar-refractivity contribution in [2.24, 2.45) is 0 Å². The Hall–Kier alpha value is -2.58. The van der Waals surface area contributed by atoms with Gasteiger partial charge < -0.3 is 16.0 Å². The van der Waals surface area contributed by atoms with Crippen molar-refractivity contribution >= 4 is 39.1 Å². The number of carbonyl (C=O) groups excluding carboxylic acids is 2. The Morgan fingerprint density at radius 1 is 1.25 bits per heavy atom. The van der Waals surface area contributed by atoms with E-state index in [2.05, 4.69) is 16.0 Å². The lowest BCUT2D eigenvalue weighted by Crippen LogP contribution is -2.36. The summed E-state index contributed by atoms with van der Waals surface area (Å²) in [5.41, 5.74) is 3.30. The van der Waals surface area contributed by atoms with Crippen LogP contribution in [0.1, 0.15) is 29.7 Å². The topological polar surface area (TPSA) is 104 Å². The van der Waals surface area contributed by atoms with Crippen molar-refractivity contribution in [3.05, 3.63) is 58.1 Å². The number of hydrogen-bond donors (Lipinski definition) is 3. The summed E-state index contributed by atoms with van der Waals surface area (Å²) in [5.74, 6) is -0.0361. The second-order valence-corrected chi connectivity index (χ2v) is 9.12. The molecular weight excluding hydrogens is 402 g/mol. The van der Waals surface area contributed by atoms with Crippen LogP contribution in [0.3, 0.4) is 0 Å². The number of nitrogens with one attached hydrogen (secondary N) is 3. The van der Waals surface area contributed by atoms with Gasteiger partial charge in [0.1, 0.15) is 0 Å². The highest BCUT2D eigenvalue weighted by atomic mass is 35.5. The van der Waals surface area contributed by atoms with Crippen LogP contribution < -0.4 is 16.0 Å². The molecule has 0 fully saturated rings. The summed E-state index contributed by atoms with van der Waals surface area (Å²) >= 11 is 6.01. The van der Waals surface area contributed by atoms with Crippen LogP contribution >= 0.6 is 11.6 Å². The zero-order valence-corrected chi connectivity index (χ0v) is 16.9. The molecule has 28 heavy (non-hydrogen) atoms. The van der Waals surface area contributed by atoms with Gasteiger partial charge >= 0.3 is 6.03 Å². The van der Waals surface area contributed by atoms with Crippen molar-refractivity contribution in [3.63, 3.8) is 0 Å². The molecule has 1 unspecified atom stereocenters. The van der Waals surface area contributed by atoms with Crippen molar-refractivity contribution < 1.29 is 18.0 Å². The molecule has 0 spiro atoms. The predicted octanol–water partition coefficient (Wildman–Crippen LogP) is 2.80. The fourth-order valence-corrected chi connectivity index (χ4v) is 4.34. The largest absolute Gasteiger partial charge is 0.334 e. The summed E-state index contributed by atoms with van der Waals surface area (Å²) in [4.78, 5) is 23.7. The summed E-state index contributed by atoms with van der Waals surface area (Å²) in [6, 6.07) is 9.53. The Morgan fingerprint density at radius 3 is 2.68 bits per heavy atom. The zero-order valence-electron chi connectivity index (χ0n) is 15.4. The van der Waals surface area contributed by atoms with Gasteiger partial charge in [-0.05, 0) is 41.8 Å². The van der Waals surface area contributed by atoms with Crippen LogP contribution in [0.2, 0.25) is 5.02 Å². The van der Waals surface area contributed by atoms with Gasteiger partial charge in [-0.25, -0.2) is 13.2 Å². The van der Waals surface area contributed by atoms with Gasteiger partial charge in [-0.15, -0.1) is 0 Å². The molecule has 0 bridgehead atoms. The van der Waals surface area contributed by atoms with Crippen LogP contribution in [-0.4, -0.2) is 26.6 Å². The highest BCUT2D eigenvalue weighted by molar-refractivity contribution is 7.90. The molecule has 2 aromatic rings. The molecular formula is C19H20ClN3O4S. The first-order valence-corrected chi connectivity index (χ1v) is 10.9. The van der Waals surface area contributed by atoms with E-state index in [0.29, 0.717) is 12.0 Å². The lowest BCUT2D eigenvalue weighted by molar-refractivity contribution is -0.115. The van der Waals surface area contributed by atoms with E-state index in [4.69, 9.17) is 11.6 Å². The second-order valence-electron chi connectivity index (χ2n) is 6.73. The molecule has 1 atom stereocenters. The summed E-state index contributed by atoms with van der Waals surface area (Å²) in [6.07, 6.45) is 1.43. The zero-order chi connectivity index (χ0) is 20.5. The number of fused-ring (bicyclic) bond motifs is 1. The minimum atomic E-state index is -3.39. The monoisotopic (exact) mass is 421 g/mol. The molecule has 3 rings (SSSR count). The third-order valence-electron chi connectivity index (χ3n) is 4.45. The van der Waals surface area contributed by atoms with Gasteiger partial charge in [-0.1, -0.05) is 29.8 Å². The quantitative estimate of drug-likeness (QED) is 0.690. The number of hydrogen-bond acceptors (Lipinski definition) is 4. The van der Waals surface area contributed by atoms with E-state index in [-0.39, 0.29) is 34.4 Å². The normalized spacial score (nSPS) is 14.2. The minimum Gasteiger partial charge on any atom is -0.334 e. The van der Waals surface area contributed by atoms with Crippen LogP contribution in [0.4, 0.5) is 10.5 Å². The van der Waals surface area contributed by atoms with Crippen LogP contribution in [0.5, 0.6) is 0 Å². The summed E-state index contributed by atoms with van der Waals surface area (Å²) < 4.78 is 23.2. The van der Waals surface area contributed by atoms with Gasteiger partial charge in [-0.3, -0.25) is 4.79 Å². The molecule has 1 aliphatic heterocycles. The van der Waals surface area contributed by atoms with Crippen LogP contribution in [-0.2, 0) is 27.6 Å². The van der Waals surface area contributed by atoms with E-state index in [9.17, 15) is 18.0 Å². The third-order valence-corrected chi connectivity index (χ3v) is 6.03. The molecule has 2 aromatic carbocycles. The number of urea groups is 1. The molecule has 0 aliphatic carbocycles. The fourth-order valence-electron chi connectivity index (χ4n) is 2.99. The number of sulfone groups is 1. The molecule has 3 amide bonds. The van der Waals surface area contributed by atoms with Crippen LogP contribution in [0.25, 0.3) is 0 Å². The van der Waals surface area contributed by atoms with E-state index in [1.54, 1.807) is 6.07 Å². The van der Waals surface area contributed by atoms with Gasteiger partial charge in [0, 0.05) is 18.5 Å². The predicted molar refractivity (Wildman–Crippen MR) is 107 cm³/mol. The first-order chi connectivity index (χ1) is 13.1. The Labute approximate surface area is 168 Å². The second kappa shape index (κ2) is 7.81. The Kier molecular flexibility index (Phi) is 5.62. The van der Waals surface area contributed by atoms with E-state index in [1.807, 2.05) is 25.1 Å². The third kappa shape index (κ3) is 4.63. The van der Waals surface area contributed by atoms with E-state index < -0.39 is 9.84 Å². The van der Waals surface area contributed by atoms with Crippen LogP contribution in [0, 0.1) is 0 Å². The number of anilines is 1. The molecule has 0 saturated heterocycles. The highest BCUT2D eigenvalue weighted by Gasteiger charge is 2.19. The number of carbonyl (C=O) groups is 2. The van der Waals surface area contributed by atoms with Crippen molar-refractivity contribution in [1.82, 2.24) is 10.6 Å². The maximum atomic E-state index is 12.2. The van der Waals surface area contributed by atoms with Gasteiger partial charge in [-0.2, -0.15) is 0 Å². The maximum Gasteiger partial charge on any atom is 0.315 e. The highest BCUT2D eigenvalue weighted by Crippen LogP contribution is 2.26. The summed E-state index contributed by atoms with van der Waals surface area (Å²) in [5, 5.41) is 8.45. The molecule has 0 radical (unpaired) electrons. The summed E-state index contributed by atoms with van der Waals surface area (Å²) in [7, 11) is -3.39. The molecule has 9 heteroatoms. The standard InChI is InChI=1S/C19H20ClN3O4S/c1-11(13-4-5-16-14(8-13)9-18(24)23-16)22-19(25)21-10-12-3-6-17(15(20)7-12)28(2,26)27/h3-8,11H,9-10H2,1-2H3,(H,23,24)(H2,21,22,25). The van der Waals surface area contributed by atoms with E-state index >= 15 is 0 Å². The first-order valence-electron chi connectivity index (χ1n) is 8.59. The van der Waals surface area contributed by atoms with Gasteiger partial charge in [0.05, 0.1) is 22.4 Å². The van der Waals surface area contributed by atoms with Crippen molar-refractivity contribution in [2.45, 2.75) is 30.8 Å². The number of halogens is 1. The fraction of sp³-hybridized carbons (Fsp3) is 0.263. The average molecular weight is 422 g/mol. The smallest absolute Gasteiger partial charge is 0.315 e. The van der Waals surface area contributed by atoms with Crippen molar-refractivity contribution in [3.8, 4) is 0 Å². The molecule has 7 nitrogen and oxygen atoms in total. The molecule has 1 aliphatic rings. The first kappa shape index (κ1) is 20.2. The minimum absolute atomic E-state index is 0.0361. The SMILES string of the molecule is CC(NC(=O)NCc1ccc(S(C)(=O)=O)c(Cl)c1)c1ccc2c(c1)CC(=O)N2. The van der Waals surface area contributed by atoms with Gasteiger partial charge in [0.2, 0.25) is 5.91 Å². The van der Waals surface area contributed by atoms with Gasteiger partial charge in [0.15, 0.2) is 9.84 Å². The number of benzene rings is 2. The molecule has 1 heterocycles. The lowest BCUT2D eigenvalue weighted by Gasteiger charge is -2.16. The maximum absolute atomic E-state index is 12.2. The average Bonchev–Trinajstić information content (AvgIpc) is 2.98. The van der Waals surface area contributed by atoms with Crippen molar-refractivity contribution in [2.75, 3.05) is 11.6 Å². The van der Waals surface area contributed by atoms with Crippen LogP contribution in [0.15, 0.2) is 41.3 Å². The Bertz CT molecular complexity index is 1050. The van der Waals surface area contributed by atoms with Crippen molar-refractivity contribution in [1.29, 1.82) is 0 Å². The molecule has 3 N–H and O–H groups in total. The van der Waals surface area contributed by atoms with E-state index in [1.165, 1.54) is 12.1 Å². The Balaban J connectivity index is 1.58. The molecule has 0 aromatic heterocycles. The lowest BCUT2D eigenvalue weighted by atomic mass is 10.0. The van der Waals surface area contributed by atoms with E-state index in [0.717, 1.165) is 23.1 Å². The van der Waals surface area contributed by atoms with Gasteiger partial charge in [0.25, 0.3) is 0 Å². The molecule has 0 saturated carbocycles. The number of rotatable bonds is 5. The number of amides is 3. The summed E-state index contributed by atoms with van der Waals surface area (Å²) in [6.45, 7) is 2.05. The molecule has 148 valence electrons. The Morgan fingerprint density at radius 2 is 2.00 bits per heavy atom.